The van der Waals surface area contributed by atoms with Gasteiger partial charge in [0.25, 0.3) is 0 Å². The van der Waals surface area contributed by atoms with Crippen LogP contribution in [0.4, 0.5) is 0 Å². The van der Waals surface area contributed by atoms with Crippen molar-refractivity contribution in [2.45, 2.75) is 32.1 Å². The van der Waals surface area contributed by atoms with Crippen LogP contribution in [0.25, 0.3) is 0 Å². The van der Waals surface area contributed by atoms with E-state index in [1.54, 1.807) is 24.3 Å². The van der Waals surface area contributed by atoms with Crippen molar-refractivity contribution in [3.8, 4) is 5.75 Å². The molecule has 0 saturated heterocycles. The van der Waals surface area contributed by atoms with Crippen molar-refractivity contribution in [2.24, 2.45) is 0 Å². The van der Waals surface area contributed by atoms with Crippen LogP contribution >= 0.6 is 0 Å². The zero-order valence-corrected chi connectivity index (χ0v) is 13.9. The van der Waals surface area contributed by atoms with Gasteiger partial charge in [0.15, 0.2) is 0 Å². The van der Waals surface area contributed by atoms with E-state index in [9.17, 15) is 8.42 Å². The summed E-state index contributed by atoms with van der Waals surface area (Å²) in [6, 6.07) is 6.48. The summed E-state index contributed by atoms with van der Waals surface area (Å²) in [6.07, 6.45) is 0.804. The zero-order valence-electron chi connectivity index (χ0n) is 13.1. The van der Waals surface area contributed by atoms with E-state index in [0.717, 1.165) is 26.1 Å². The van der Waals surface area contributed by atoms with E-state index in [2.05, 4.69) is 23.5 Å². The summed E-state index contributed by atoms with van der Waals surface area (Å²) >= 11 is 0. The van der Waals surface area contributed by atoms with E-state index in [0.29, 0.717) is 18.9 Å². The van der Waals surface area contributed by atoms with E-state index in [1.807, 2.05) is 6.92 Å². The highest BCUT2D eigenvalue weighted by Crippen LogP contribution is 2.15. The Labute approximate surface area is 128 Å². The van der Waals surface area contributed by atoms with Crippen LogP contribution in [0, 0.1) is 0 Å². The third-order valence-corrected chi connectivity index (χ3v) is 4.76. The van der Waals surface area contributed by atoms with Gasteiger partial charge < -0.3 is 9.64 Å². The van der Waals surface area contributed by atoms with Gasteiger partial charge in [-0.05, 0) is 57.2 Å². The number of hydrogen-bond acceptors (Lipinski definition) is 4. The molecule has 0 bridgehead atoms. The van der Waals surface area contributed by atoms with Gasteiger partial charge in [0, 0.05) is 6.54 Å². The molecule has 0 unspecified atom stereocenters. The van der Waals surface area contributed by atoms with Gasteiger partial charge in [0.05, 0.1) is 11.5 Å². The summed E-state index contributed by atoms with van der Waals surface area (Å²) in [5.74, 6) is 0.679. The van der Waals surface area contributed by atoms with Crippen molar-refractivity contribution >= 4 is 10.0 Å². The molecule has 1 aromatic rings. The lowest BCUT2D eigenvalue weighted by atomic mass is 10.3. The number of sulfonamides is 1. The molecule has 120 valence electrons. The Bertz CT molecular complexity index is 496. The van der Waals surface area contributed by atoms with Crippen molar-refractivity contribution in [2.75, 3.05) is 32.8 Å². The lowest BCUT2D eigenvalue weighted by Gasteiger charge is -2.17. The number of nitrogens with one attached hydrogen (secondary N) is 1. The van der Waals surface area contributed by atoms with Gasteiger partial charge in [-0.1, -0.05) is 13.8 Å². The van der Waals surface area contributed by atoms with Crippen molar-refractivity contribution in [1.29, 1.82) is 0 Å². The minimum atomic E-state index is -3.43. The van der Waals surface area contributed by atoms with Crippen LogP contribution in [0.15, 0.2) is 29.2 Å². The molecule has 0 saturated carbocycles. The SMILES string of the molecule is CCOc1ccc(S(=O)(=O)NCCCN(CC)CC)cc1. The van der Waals surface area contributed by atoms with Gasteiger partial charge in [-0.3, -0.25) is 0 Å². The Hall–Kier alpha value is -1.11. The fourth-order valence-electron chi connectivity index (χ4n) is 2.01. The van der Waals surface area contributed by atoms with Crippen LogP contribution in [-0.4, -0.2) is 46.1 Å². The molecule has 6 heteroatoms. The van der Waals surface area contributed by atoms with Gasteiger partial charge in [-0.15, -0.1) is 0 Å². The average Bonchev–Trinajstić information content (AvgIpc) is 2.48. The summed E-state index contributed by atoms with van der Waals surface area (Å²) < 4.78 is 32.2. The first-order chi connectivity index (χ1) is 10.0. The fourth-order valence-corrected chi connectivity index (χ4v) is 3.09. The third-order valence-electron chi connectivity index (χ3n) is 3.28. The Morgan fingerprint density at radius 3 is 2.24 bits per heavy atom. The minimum Gasteiger partial charge on any atom is -0.494 e. The second kappa shape index (κ2) is 9.02. The van der Waals surface area contributed by atoms with Gasteiger partial charge in [-0.25, -0.2) is 13.1 Å². The molecular weight excluding hydrogens is 288 g/mol. The molecule has 0 heterocycles. The number of benzene rings is 1. The van der Waals surface area contributed by atoms with Crippen molar-refractivity contribution in [3.63, 3.8) is 0 Å². The maximum absolute atomic E-state index is 12.1. The molecule has 1 rings (SSSR count). The van der Waals surface area contributed by atoms with Crippen molar-refractivity contribution in [3.05, 3.63) is 24.3 Å². The normalized spacial score (nSPS) is 11.8. The van der Waals surface area contributed by atoms with Crippen LogP contribution < -0.4 is 9.46 Å². The maximum atomic E-state index is 12.1. The molecule has 0 aliphatic carbocycles. The van der Waals surface area contributed by atoms with Crippen LogP contribution in [0.5, 0.6) is 5.75 Å². The average molecular weight is 314 g/mol. The summed E-state index contributed by atoms with van der Waals surface area (Å²) in [4.78, 5) is 2.54. The first kappa shape index (κ1) is 17.9. The highest BCUT2D eigenvalue weighted by atomic mass is 32.2. The molecule has 0 spiro atoms. The van der Waals surface area contributed by atoms with E-state index < -0.39 is 10.0 Å². The van der Waals surface area contributed by atoms with Crippen LogP contribution in [0.1, 0.15) is 27.2 Å². The van der Waals surface area contributed by atoms with E-state index >= 15 is 0 Å². The summed E-state index contributed by atoms with van der Waals surface area (Å²) in [5.41, 5.74) is 0. The zero-order chi connectivity index (χ0) is 15.7. The molecule has 21 heavy (non-hydrogen) atoms. The van der Waals surface area contributed by atoms with Gasteiger partial charge in [-0.2, -0.15) is 0 Å². The molecule has 0 atom stereocenters. The number of hydrogen-bond donors (Lipinski definition) is 1. The Balaban J connectivity index is 2.49. The second-order valence-corrected chi connectivity index (χ2v) is 6.45. The maximum Gasteiger partial charge on any atom is 0.240 e. The lowest BCUT2D eigenvalue weighted by molar-refractivity contribution is 0.300. The van der Waals surface area contributed by atoms with E-state index in [1.165, 1.54) is 0 Å². The van der Waals surface area contributed by atoms with Gasteiger partial charge >= 0.3 is 0 Å². The monoisotopic (exact) mass is 314 g/mol. The van der Waals surface area contributed by atoms with Crippen LogP contribution in [0.3, 0.4) is 0 Å². The Kier molecular flexibility index (Phi) is 7.71. The molecule has 0 aliphatic heterocycles. The number of rotatable bonds is 10. The molecule has 0 aromatic heterocycles. The van der Waals surface area contributed by atoms with E-state index in [-0.39, 0.29) is 4.90 Å². The van der Waals surface area contributed by atoms with E-state index in [4.69, 9.17) is 4.74 Å². The number of ether oxygens (including phenoxy) is 1. The lowest BCUT2D eigenvalue weighted by Crippen LogP contribution is -2.30. The molecule has 5 nitrogen and oxygen atoms in total. The Morgan fingerprint density at radius 1 is 1.10 bits per heavy atom. The molecule has 1 aromatic carbocycles. The Morgan fingerprint density at radius 2 is 1.71 bits per heavy atom. The van der Waals surface area contributed by atoms with Crippen molar-refractivity contribution in [1.82, 2.24) is 9.62 Å². The highest BCUT2D eigenvalue weighted by Gasteiger charge is 2.13. The molecular formula is C15H26N2O3S. The van der Waals surface area contributed by atoms with Crippen LogP contribution in [-0.2, 0) is 10.0 Å². The molecule has 0 amide bonds. The predicted molar refractivity (Wildman–Crippen MR) is 85.2 cm³/mol. The standard InChI is InChI=1S/C15H26N2O3S/c1-4-17(5-2)13-7-12-16-21(18,19)15-10-8-14(9-11-15)20-6-3/h8-11,16H,4-7,12-13H2,1-3H3. The fraction of sp³-hybridized carbons (Fsp3) is 0.600. The van der Waals surface area contributed by atoms with Gasteiger partial charge in [0.2, 0.25) is 10.0 Å². The molecule has 0 fully saturated rings. The number of nitrogens with zero attached hydrogens (tertiary/aromatic N) is 1. The van der Waals surface area contributed by atoms with Crippen molar-refractivity contribution < 1.29 is 13.2 Å². The topological polar surface area (TPSA) is 58.6 Å². The largest absolute Gasteiger partial charge is 0.494 e. The third kappa shape index (κ3) is 6.03. The predicted octanol–water partition coefficient (Wildman–Crippen LogP) is 2.10. The summed E-state index contributed by atoms with van der Waals surface area (Å²) in [6.45, 7) is 9.99. The quantitative estimate of drug-likeness (QED) is 0.672. The first-order valence-corrected chi connectivity index (χ1v) is 8.96. The second-order valence-electron chi connectivity index (χ2n) is 4.68. The summed E-state index contributed by atoms with van der Waals surface area (Å²) in [7, 11) is -3.43. The molecule has 1 N–H and O–H groups in total. The molecule has 0 aliphatic rings. The smallest absolute Gasteiger partial charge is 0.240 e. The first-order valence-electron chi connectivity index (χ1n) is 7.48. The minimum absolute atomic E-state index is 0.272. The highest BCUT2D eigenvalue weighted by molar-refractivity contribution is 7.89. The summed E-state index contributed by atoms with van der Waals surface area (Å²) in [5, 5.41) is 0. The van der Waals surface area contributed by atoms with Gasteiger partial charge in [0.1, 0.15) is 5.75 Å². The van der Waals surface area contributed by atoms with Crippen LogP contribution in [0.2, 0.25) is 0 Å². The molecule has 0 radical (unpaired) electrons.